The number of likely N-dealkylation sites (tertiary alicyclic amines) is 1. The molecule has 0 bridgehead atoms. The van der Waals surface area contributed by atoms with Crippen LogP contribution >= 0.6 is 0 Å². The standard InChI is InChI=1S/C16H23NO/c1-2-14-4-3-5-15(12-14)13-17-9-6-16(7-10-17)8-11-18-16/h3-5,12H,2,6-11,13H2,1H3. The molecule has 0 unspecified atom stereocenters. The molecule has 0 aromatic heterocycles. The molecule has 0 N–H and O–H groups in total. The molecule has 1 aromatic carbocycles. The molecule has 2 aliphatic rings. The number of hydrogen-bond donors (Lipinski definition) is 0. The summed E-state index contributed by atoms with van der Waals surface area (Å²) in [5, 5.41) is 0. The van der Waals surface area contributed by atoms with E-state index in [4.69, 9.17) is 4.74 Å². The summed E-state index contributed by atoms with van der Waals surface area (Å²) in [6.07, 6.45) is 4.86. The first-order chi connectivity index (χ1) is 8.80. The van der Waals surface area contributed by atoms with E-state index in [0.29, 0.717) is 0 Å². The molecule has 2 heterocycles. The fourth-order valence-electron chi connectivity index (χ4n) is 3.11. The smallest absolute Gasteiger partial charge is 0.0728 e. The van der Waals surface area contributed by atoms with E-state index in [1.165, 1.54) is 43.5 Å². The van der Waals surface area contributed by atoms with Crippen molar-refractivity contribution >= 4 is 0 Å². The van der Waals surface area contributed by atoms with Crippen molar-refractivity contribution in [2.24, 2.45) is 0 Å². The van der Waals surface area contributed by atoms with Crippen molar-refractivity contribution in [2.45, 2.75) is 44.8 Å². The van der Waals surface area contributed by atoms with Crippen molar-refractivity contribution in [1.29, 1.82) is 0 Å². The molecule has 0 radical (unpaired) electrons. The molecule has 0 aliphatic carbocycles. The highest BCUT2D eigenvalue weighted by Gasteiger charge is 2.40. The lowest BCUT2D eigenvalue weighted by molar-refractivity contribution is -0.173. The molecule has 0 saturated carbocycles. The third-order valence-corrected chi connectivity index (χ3v) is 4.54. The molecule has 3 rings (SSSR count). The molecule has 2 heteroatoms. The highest BCUT2D eigenvalue weighted by Crippen LogP contribution is 2.36. The molecule has 98 valence electrons. The zero-order chi connectivity index (χ0) is 12.4. The molecule has 0 amide bonds. The summed E-state index contributed by atoms with van der Waals surface area (Å²) in [5.74, 6) is 0. The van der Waals surface area contributed by atoms with E-state index in [0.717, 1.165) is 19.6 Å². The Morgan fingerprint density at radius 2 is 1.89 bits per heavy atom. The second-order valence-electron chi connectivity index (χ2n) is 5.73. The fourth-order valence-corrected chi connectivity index (χ4v) is 3.11. The van der Waals surface area contributed by atoms with Crippen LogP contribution < -0.4 is 0 Å². The minimum absolute atomic E-state index is 0.280. The average molecular weight is 245 g/mol. The SMILES string of the molecule is CCc1cccc(CN2CCC3(CCO3)CC2)c1. The Kier molecular flexibility index (Phi) is 3.40. The third-order valence-electron chi connectivity index (χ3n) is 4.54. The second kappa shape index (κ2) is 5.02. The number of benzene rings is 1. The van der Waals surface area contributed by atoms with E-state index in [9.17, 15) is 0 Å². The number of aryl methyl sites for hydroxylation is 1. The summed E-state index contributed by atoms with van der Waals surface area (Å²) in [7, 11) is 0. The van der Waals surface area contributed by atoms with Gasteiger partial charge in [-0.25, -0.2) is 0 Å². The summed E-state index contributed by atoms with van der Waals surface area (Å²) in [5.41, 5.74) is 3.19. The van der Waals surface area contributed by atoms with Crippen molar-refractivity contribution in [1.82, 2.24) is 4.90 Å². The van der Waals surface area contributed by atoms with Gasteiger partial charge in [0.1, 0.15) is 0 Å². The van der Waals surface area contributed by atoms with E-state index in [1.54, 1.807) is 0 Å². The molecule has 2 fully saturated rings. The summed E-state index contributed by atoms with van der Waals surface area (Å²) in [6, 6.07) is 9.01. The van der Waals surface area contributed by atoms with E-state index < -0.39 is 0 Å². The lowest BCUT2D eigenvalue weighted by Gasteiger charge is -2.47. The summed E-state index contributed by atoms with van der Waals surface area (Å²) in [4.78, 5) is 2.57. The van der Waals surface area contributed by atoms with Crippen molar-refractivity contribution in [3.05, 3.63) is 35.4 Å². The first-order valence-electron chi connectivity index (χ1n) is 7.24. The monoisotopic (exact) mass is 245 g/mol. The topological polar surface area (TPSA) is 12.5 Å². The van der Waals surface area contributed by atoms with Crippen LogP contribution in [0.15, 0.2) is 24.3 Å². The molecule has 2 aliphatic heterocycles. The highest BCUT2D eigenvalue weighted by molar-refractivity contribution is 5.23. The van der Waals surface area contributed by atoms with Gasteiger partial charge in [-0.15, -0.1) is 0 Å². The molecular weight excluding hydrogens is 222 g/mol. The summed E-state index contributed by atoms with van der Waals surface area (Å²) >= 11 is 0. The molecule has 1 aromatic rings. The van der Waals surface area contributed by atoms with Crippen LogP contribution in [0.25, 0.3) is 0 Å². The molecule has 2 saturated heterocycles. The Labute approximate surface area is 110 Å². The van der Waals surface area contributed by atoms with E-state index in [1.807, 2.05) is 0 Å². The van der Waals surface area contributed by atoms with E-state index >= 15 is 0 Å². The van der Waals surface area contributed by atoms with Gasteiger partial charge in [0.25, 0.3) is 0 Å². The van der Waals surface area contributed by atoms with Crippen LogP contribution in [0.3, 0.4) is 0 Å². The van der Waals surface area contributed by atoms with E-state index in [2.05, 4.69) is 36.1 Å². The van der Waals surface area contributed by atoms with Crippen LogP contribution in [-0.2, 0) is 17.7 Å². The fraction of sp³-hybridized carbons (Fsp3) is 0.625. The van der Waals surface area contributed by atoms with Crippen LogP contribution in [0, 0.1) is 0 Å². The maximum atomic E-state index is 5.77. The Morgan fingerprint density at radius 3 is 2.50 bits per heavy atom. The van der Waals surface area contributed by atoms with Gasteiger partial charge in [-0.3, -0.25) is 4.90 Å². The second-order valence-corrected chi connectivity index (χ2v) is 5.73. The van der Waals surface area contributed by atoms with Gasteiger partial charge in [-0.1, -0.05) is 31.2 Å². The normalized spacial score (nSPS) is 22.9. The van der Waals surface area contributed by atoms with Crippen molar-refractivity contribution in [3.63, 3.8) is 0 Å². The number of hydrogen-bond acceptors (Lipinski definition) is 2. The average Bonchev–Trinajstić information content (AvgIpc) is 2.38. The van der Waals surface area contributed by atoms with Crippen LogP contribution in [0.4, 0.5) is 0 Å². The number of rotatable bonds is 3. The number of piperidine rings is 1. The first kappa shape index (κ1) is 12.2. The molecule has 0 atom stereocenters. The Morgan fingerprint density at radius 1 is 1.17 bits per heavy atom. The Bertz CT molecular complexity index is 401. The maximum absolute atomic E-state index is 5.77. The third kappa shape index (κ3) is 2.45. The largest absolute Gasteiger partial charge is 0.375 e. The minimum atomic E-state index is 0.280. The summed E-state index contributed by atoms with van der Waals surface area (Å²) < 4.78 is 5.77. The lowest BCUT2D eigenvalue weighted by Crippen LogP contribution is -2.52. The van der Waals surface area contributed by atoms with Gasteiger partial charge in [-0.05, 0) is 36.8 Å². The number of nitrogens with zero attached hydrogens (tertiary/aromatic N) is 1. The van der Waals surface area contributed by atoms with Gasteiger partial charge in [0.15, 0.2) is 0 Å². The van der Waals surface area contributed by atoms with Gasteiger partial charge >= 0.3 is 0 Å². The lowest BCUT2D eigenvalue weighted by atomic mass is 9.84. The Balaban J connectivity index is 1.56. The van der Waals surface area contributed by atoms with E-state index in [-0.39, 0.29) is 5.60 Å². The van der Waals surface area contributed by atoms with Crippen molar-refractivity contribution in [3.8, 4) is 0 Å². The van der Waals surface area contributed by atoms with Crippen LogP contribution in [-0.4, -0.2) is 30.2 Å². The predicted octanol–water partition coefficient (Wildman–Crippen LogP) is 3.00. The molecule has 2 nitrogen and oxygen atoms in total. The van der Waals surface area contributed by atoms with Gasteiger partial charge in [0.05, 0.1) is 12.2 Å². The molecule has 18 heavy (non-hydrogen) atoms. The zero-order valence-electron chi connectivity index (χ0n) is 11.3. The van der Waals surface area contributed by atoms with Crippen LogP contribution in [0.2, 0.25) is 0 Å². The van der Waals surface area contributed by atoms with Crippen molar-refractivity contribution in [2.75, 3.05) is 19.7 Å². The quantitative estimate of drug-likeness (QED) is 0.811. The van der Waals surface area contributed by atoms with Gasteiger partial charge < -0.3 is 4.74 Å². The van der Waals surface area contributed by atoms with Crippen LogP contribution in [0.1, 0.15) is 37.3 Å². The van der Waals surface area contributed by atoms with Crippen LogP contribution in [0.5, 0.6) is 0 Å². The summed E-state index contributed by atoms with van der Waals surface area (Å²) in [6.45, 7) is 6.69. The molecular formula is C16H23NO. The zero-order valence-corrected chi connectivity index (χ0v) is 11.3. The Hall–Kier alpha value is -0.860. The van der Waals surface area contributed by atoms with Gasteiger partial charge in [0, 0.05) is 19.6 Å². The first-order valence-corrected chi connectivity index (χ1v) is 7.24. The maximum Gasteiger partial charge on any atom is 0.0728 e. The molecule has 1 spiro atoms. The van der Waals surface area contributed by atoms with Gasteiger partial charge in [0.2, 0.25) is 0 Å². The number of ether oxygens (including phenoxy) is 1. The minimum Gasteiger partial charge on any atom is -0.375 e. The van der Waals surface area contributed by atoms with Gasteiger partial charge in [-0.2, -0.15) is 0 Å². The predicted molar refractivity (Wildman–Crippen MR) is 73.6 cm³/mol. The van der Waals surface area contributed by atoms with Crippen molar-refractivity contribution < 1.29 is 4.74 Å². The highest BCUT2D eigenvalue weighted by atomic mass is 16.5.